The van der Waals surface area contributed by atoms with Crippen molar-refractivity contribution in [3.05, 3.63) is 88.5 Å². The molecule has 0 spiro atoms. The molecule has 0 aromatic heterocycles. The number of hydrogen-bond donors (Lipinski definition) is 1. The lowest BCUT2D eigenvalue weighted by atomic mass is 9.98. The van der Waals surface area contributed by atoms with E-state index in [1.807, 2.05) is 38.1 Å². The lowest BCUT2D eigenvalue weighted by Crippen LogP contribution is -2.05. The number of benzene rings is 3. The Morgan fingerprint density at radius 1 is 1.00 bits per heavy atom. The Labute approximate surface area is 188 Å². The molecule has 0 unspecified atom stereocenters. The van der Waals surface area contributed by atoms with E-state index in [9.17, 15) is 9.90 Å². The lowest BCUT2D eigenvalue weighted by molar-refractivity contribution is 0.0965. The minimum absolute atomic E-state index is 0.0160. The van der Waals surface area contributed by atoms with Crippen LogP contribution in [-0.2, 0) is 13.2 Å². The van der Waals surface area contributed by atoms with Crippen molar-refractivity contribution >= 4 is 5.78 Å². The van der Waals surface area contributed by atoms with Crippen LogP contribution in [0, 0.1) is 24.2 Å². The topological polar surface area (TPSA) is 79.5 Å². The molecule has 0 saturated heterocycles. The van der Waals surface area contributed by atoms with Crippen molar-refractivity contribution in [3.63, 3.8) is 0 Å². The Hall–Kier alpha value is -3.78. The van der Waals surface area contributed by atoms with Crippen molar-refractivity contribution in [2.75, 3.05) is 0 Å². The van der Waals surface area contributed by atoms with Gasteiger partial charge in [-0.1, -0.05) is 32.0 Å². The van der Waals surface area contributed by atoms with Gasteiger partial charge in [-0.25, -0.2) is 0 Å². The molecule has 3 aromatic rings. The number of carbonyl (C=O) groups is 1. The zero-order chi connectivity index (χ0) is 23.1. The van der Waals surface area contributed by atoms with E-state index in [1.54, 1.807) is 43.3 Å². The first-order valence-electron chi connectivity index (χ1n) is 10.6. The molecule has 0 heterocycles. The summed E-state index contributed by atoms with van der Waals surface area (Å²) in [5.41, 5.74) is 3.44. The van der Waals surface area contributed by atoms with Crippen molar-refractivity contribution in [1.29, 1.82) is 5.26 Å². The van der Waals surface area contributed by atoms with Crippen LogP contribution in [0.15, 0.2) is 60.7 Å². The predicted octanol–water partition coefficient (Wildman–Crippen LogP) is 5.96. The minimum atomic E-state index is -0.0675. The summed E-state index contributed by atoms with van der Waals surface area (Å²) in [6, 6.07) is 20.3. The molecule has 3 aromatic carbocycles. The largest absolute Gasteiger partial charge is 0.507 e. The van der Waals surface area contributed by atoms with Gasteiger partial charge in [0.05, 0.1) is 17.2 Å². The quantitative estimate of drug-likeness (QED) is 0.425. The van der Waals surface area contributed by atoms with Crippen LogP contribution in [0.3, 0.4) is 0 Å². The Bertz CT molecular complexity index is 1130. The zero-order valence-electron chi connectivity index (χ0n) is 18.6. The highest BCUT2D eigenvalue weighted by Gasteiger charge is 2.17. The van der Waals surface area contributed by atoms with Crippen molar-refractivity contribution in [2.45, 2.75) is 40.4 Å². The number of nitriles is 1. The highest BCUT2D eigenvalue weighted by molar-refractivity contribution is 5.99. The molecule has 0 aliphatic carbocycles. The maximum absolute atomic E-state index is 12.3. The Balaban J connectivity index is 1.62. The molecule has 0 fully saturated rings. The van der Waals surface area contributed by atoms with Crippen molar-refractivity contribution in [1.82, 2.24) is 0 Å². The third-order valence-electron chi connectivity index (χ3n) is 5.05. The van der Waals surface area contributed by atoms with Gasteiger partial charge in [-0.05, 0) is 66.4 Å². The number of hydrogen-bond acceptors (Lipinski definition) is 5. The standard InChI is InChI=1S/C27H27NO4/c1-18(2)13-25(29)24-11-12-26(19(3)27(24)30)32-17-22-6-4-5-21(14-22)16-31-23-9-7-20(15-28)8-10-23/h4-12,14,18,30H,13,16-17H2,1-3H3. The van der Waals surface area contributed by atoms with E-state index < -0.39 is 0 Å². The number of Topliss-reactive ketones (excluding diaryl/α,β-unsaturated/α-hetero) is 1. The fraction of sp³-hybridized carbons (Fsp3) is 0.259. The van der Waals surface area contributed by atoms with Gasteiger partial charge < -0.3 is 14.6 Å². The molecule has 0 amide bonds. The van der Waals surface area contributed by atoms with Crippen molar-refractivity contribution in [2.24, 2.45) is 5.92 Å². The van der Waals surface area contributed by atoms with E-state index in [-0.39, 0.29) is 17.5 Å². The second-order valence-corrected chi connectivity index (χ2v) is 8.14. The minimum Gasteiger partial charge on any atom is -0.507 e. The van der Waals surface area contributed by atoms with Gasteiger partial charge in [0.1, 0.15) is 30.5 Å². The van der Waals surface area contributed by atoms with Crippen LogP contribution in [0.4, 0.5) is 0 Å². The number of carbonyl (C=O) groups excluding carboxylic acids is 1. The second kappa shape index (κ2) is 10.5. The zero-order valence-corrected chi connectivity index (χ0v) is 18.6. The predicted molar refractivity (Wildman–Crippen MR) is 123 cm³/mol. The van der Waals surface area contributed by atoms with Gasteiger partial charge in [-0.2, -0.15) is 5.26 Å². The third-order valence-corrected chi connectivity index (χ3v) is 5.05. The Kier molecular flexibility index (Phi) is 7.51. The van der Waals surface area contributed by atoms with E-state index in [0.717, 1.165) is 11.1 Å². The lowest BCUT2D eigenvalue weighted by Gasteiger charge is -2.14. The molecule has 0 aliphatic rings. The first kappa shape index (κ1) is 22.9. The summed E-state index contributed by atoms with van der Waals surface area (Å²) < 4.78 is 11.7. The van der Waals surface area contributed by atoms with E-state index in [0.29, 0.717) is 47.8 Å². The molecule has 0 saturated carbocycles. The molecule has 0 atom stereocenters. The van der Waals surface area contributed by atoms with Gasteiger partial charge in [-0.15, -0.1) is 0 Å². The number of nitrogens with zero attached hydrogens (tertiary/aromatic N) is 1. The second-order valence-electron chi connectivity index (χ2n) is 8.14. The van der Waals surface area contributed by atoms with Crippen LogP contribution < -0.4 is 9.47 Å². The molecule has 5 nitrogen and oxygen atoms in total. The molecule has 0 aliphatic heterocycles. The van der Waals surface area contributed by atoms with Gasteiger partial charge in [0, 0.05) is 12.0 Å². The smallest absolute Gasteiger partial charge is 0.166 e. The number of aromatic hydroxyl groups is 1. The third kappa shape index (κ3) is 5.89. The van der Waals surface area contributed by atoms with E-state index in [1.165, 1.54) is 0 Å². The maximum Gasteiger partial charge on any atom is 0.166 e. The van der Waals surface area contributed by atoms with Crippen molar-refractivity contribution < 1.29 is 19.4 Å². The van der Waals surface area contributed by atoms with Gasteiger partial charge in [0.2, 0.25) is 0 Å². The van der Waals surface area contributed by atoms with Crippen LogP contribution in [0.25, 0.3) is 0 Å². The normalized spacial score (nSPS) is 10.6. The molecule has 0 radical (unpaired) electrons. The van der Waals surface area contributed by atoms with E-state index >= 15 is 0 Å². The van der Waals surface area contributed by atoms with Crippen LogP contribution in [0.2, 0.25) is 0 Å². The van der Waals surface area contributed by atoms with Crippen molar-refractivity contribution in [3.8, 4) is 23.3 Å². The molecule has 5 heteroatoms. The first-order chi connectivity index (χ1) is 15.4. The van der Waals surface area contributed by atoms with Gasteiger partial charge in [-0.3, -0.25) is 4.79 Å². The summed E-state index contributed by atoms with van der Waals surface area (Å²) in [5.74, 6) is 1.39. The maximum atomic E-state index is 12.3. The molecular formula is C27H27NO4. The monoisotopic (exact) mass is 429 g/mol. The average molecular weight is 430 g/mol. The Morgan fingerprint density at radius 2 is 1.66 bits per heavy atom. The summed E-state index contributed by atoms with van der Waals surface area (Å²) in [6.07, 6.45) is 0.393. The van der Waals surface area contributed by atoms with E-state index in [4.69, 9.17) is 14.7 Å². The van der Waals surface area contributed by atoms with Crippen LogP contribution >= 0.6 is 0 Å². The molecule has 32 heavy (non-hydrogen) atoms. The SMILES string of the molecule is Cc1c(OCc2cccc(COc3ccc(C#N)cc3)c2)ccc(C(=O)CC(C)C)c1O. The Morgan fingerprint density at radius 3 is 2.28 bits per heavy atom. The highest BCUT2D eigenvalue weighted by atomic mass is 16.5. The van der Waals surface area contributed by atoms with E-state index in [2.05, 4.69) is 6.07 Å². The summed E-state index contributed by atoms with van der Waals surface area (Å²) >= 11 is 0. The molecule has 1 N–H and O–H groups in total. The summed E-state index contributed by atoms with van der Waals surface area (Å²) in [6.45, 7) is 6.42. The highest BCUT2D eigenvalue weighted by Crippen LogP contribution is 2.32. The fourth-order valence-corrected chi connectivity index (χ4v) is 3.31. The number of ether oxygens (including phenoxy) is 2. The van der Waals surface area contributed by atoms with Gasteiger partial charge in [0.15, 0.2) is 5.78 Å². The number of phenols is 1. The molecule has 164 valence electrons. The summed E-state index contributed by atoms with van der Waals surface area (Å²) in [4.78, 5) is 12.3. The number of phenolic OH excluding ortho intramolecular Hbond substituents is 1. The van der Waals surface area contributed by atoms with Crippen LogP contribution in [0.1, 0.15) is 52.9 Å². The number of ketones is 1. The van der Waals surface area contributed by atoms with Crippen LogP contribution in [-0.4, -0.2) is 10.9 Å². The van der Waals surface area contributed by atoms with Gasteiger partial charge in [0.25, 0.3) is 0 Å². The number of rotatable bonds is 9. The average Bonchev–Trinajstić information content (AvgIpc) is 2.78. The molecule has 3 rings (SSSR count). The van der Waals surface area contributed by atoms with Gasteiger partial charge >= 0.3 is 0 Å². The first-order valence-corrected chi connectivity index (χ1v) is 10.6. The fourth-order valence-electron chi connectivity index (χ4n) is 3.31. The molecule has 0 bridgehead atoms. The summed E-state index contributed by atoms with van der Waals surface area (Å²) in [7, 11) is 0. The summed E-state index contributed by atoms with van der Waals surface area (Å²) in [5, 5.41) is 19.3. The molecular weight excluding hydrogens is 402 g/mol. The van der Waals surface area contributed by atoms with Crippen LogP contribution in [0.5, 0.6) is 17.2 Å².